The molecule has 0 saturated carbocycles. The van der Waals surface area contributed by atoms with Gasteiger partial charge in [-0.15, -0.1) is 0 Å². The van der Waals surface area contributed by atoms with E-state index in [1.54, 1.807) is 6.26 Å². The number of furan rings is 1. The Labute approximate surface area is 91.4 Å². The topological polar surface area (TPSA) is 28.4 Å². The van der Waals surface area contributed by atoms with Crippen LogP contribution in [0.3, 0.4) is 0 Å². The molecule has 1 aromatic heterocycles. The predicted molar refractivity (Wildman–Crippen MR) is 60.6 cm³/mol. The molecule has 0 amide bonds. The molecule has 2 unspecified atom stereocenters. The van der Waals surface area contributed by atoms with Crippen LogP contribution in [-0.2, 0) is 6.54 Å². The van der Waals surface area contributed by atoms with Crippen molar-refractivity contribution in [2.45, 2.75) is 25.9 Å². The highest BCUT2D eigenvalue weighted by atomic mass is 16.3. The molecular weight excluding hydrogens is 188 g/mol. The standard InChI is InChI=1S/C12H20N2O/c1-10-8-14(6-5-12(10)13-2)9-11-4-3-7-15-11/h3-4,7,10,12-13H,5-6,8-9H2,1-2H3. The zero-order valence-electron chi connectivity index (χ0n) is 9.57. The first-order valence-electron chi connectivity index (χ1n) is 5.71. The molecule has 1 fully saturated rings. The van der Waals surface area contributed by atoms with Gasteiger partial charge in [0.2, 0.25) is 0 Å². The quantitative estimate of drug-likeness (QED) is 0.819. The third kappa shape index (κ3) is 2.61. The highest BCUT2D eigenvalue weighted by Gasteiger charge is 2.24. The average molecular weight is 208 g/mol. The number of nitrogens with zero attached hydrogens (tertiary/aromatic N) is 1. The normalized spacial score (nSPS) is 28.1. The largest absolute Gasteiger partial charge is 0.468 e. The fourth-order valence-electron chi connectivity index (χ4n) is 2.43. The van der Waals surface area contributed by atoms with Crippen LogP contribution < -0.4 is 5.32 Å². The van der Waals surface area contributed by atoms with E-state index in [0.29, 0.717) is 6.04 Å². The molecule has 15 heavy (non-hydrogen) atoms. The summed E-state index contributed by atoms with van der Waals surface area (Å²) in [6.45, 7) is 5.59. The van der Waals surface area contributed by atoms with Crippen molar-refractivity contribution >= 4 is 0 Å². The van der Waals surface area contributed by atoms with Crippen molar-refractivity contribution < 1.29 is 4.42 Å². The lowest BCUT2D eigenvalue weighted by Gasteiger charge is -2.36. The van der Waals surface area contributed by atoms with Gasteiger partial charge in [0.1, 0.15) is 5.76 Å². The Kier molecular flexibility index (Phi) is 3.44. The summed E-state index contributed by atoms with van der Waals surface area (Å²) in [5.41, 5.74) is 0. The molecule has 3 nitrogen and oxygen atoms in total. The summed E-state index contributed by atoms with van der Waals surface area (Å²) in [6, 6.07) is 4.69. The van der Waals surface area contributed by atoms with E-state index >= 15 is 0 Å². The second-order valence-electron chi connectivity index (χ2n) is 4.48. The summed E-state index contributed by atoms with van der Waals surface area (Å²) in [5, 5.41) is 3.38. The first kappa shape index (κ1) is 10.7. The molecule has 1 saturated heterocycles. The van der Waals surface area contributed by atoms with Crippen molar-refractivity contribution in [2.75, 3.05) is 20.1 Å². The fourth-order valence-corrected chi connectivity index (χ4v) is 2.43. The van der Waals surface area contributed by atoms with Crippen LogP contribution in [0.1, 0.15) is 19.1 Å². The van der Waals surface area contributed by atoms with Gasteiger partial charge in [0.15, 0.2) is 0 Å². The van der Waals surface area contributed by atoms with E-state index in [9.17, 15) is 0 Å². The second-order valence-corrected chi connectivity index (χ2v) is 4.48. The van der Waals surface area contributed by atoms with Crippen LogP contribution in [0, 0.1) is 5.92 Å². The summed E-state index contributed by atoms with van der Waals surface area (Å²) in [6.07, 6.45) is 2.98. The molecular formula is C12H20N2O. The van der Waals surface area contributed by atoms with Gasteiger partial charge < -0.3 is 9.73 Å². The van der Waals surface area contributed by atoms with Crippen molar-refractivity contribution in [3.05, 3.63) is 24.2 Å². The number of nitrogens with one attached hydrogen (secondary N) is 1. The maximum Gasteiger partial charge on any atom is 0.117 e. The Morgan fingerprint density at radius 2 is 2.47 bits per heavy atom. The summed E-state index contributed by atoms with van der Waals surface area (Å²) in [4.78, 5) is 2.47. The third-order valence-electron chi connectivity index (χ3n) is 3.32. The van der Waals surface area contributed by atoms with Gasteiger partial charge in [0, 0.05) is 19.1 Å². The van der Waals surface area contributed by atoms with Crippen LogP contribution in [-0.4, -0.2) is 31.1 Å². The SMILES string of the molecule is CNC1CCN(Cc2ccco2)CC1C. The molecule has 3 heteroatoms. The molecule has 2 rings (SSSR count). The molecule has 2 heterocycles. The van der Waals surface area contributed by atoms with E-state index in [-0.39, 0.29) is 0 Å². The van der Waals surface area contributed by atoms with Gasteiger partial charge in [-0.05, 0) is 31.5 Å². The summed E-state index contributed by atoms with van der Waals surface area (Å²) >= 11 is 0. The Hall–Kier alpha value is -0.800. The number of likely N-dealkylation sites (tertiary alicyclic amines) is 1. The van der Waals surface area contributed by atoms with Gasteiger partial charge in [-0.3, -0.25) is 4.90 Å². The monoisotopic (exact) mass is 208 g/mol. The van der Waals surface area contributed by atoms with Crippen LogP contribution in [0.2, 0.25) is 0 Å². The zero-order chi connectivity index (χ0) is 10.7. The Bertz CT molecular complexity index is 284. The van der Waals surface area contributed by atoms with E-state index in [1.165, 1.54) is 6.42 Å². The predicted octanol–water partition coefficient (Wildman–Crippen LogP) is 1.71. The van der Waals surface area contributed by atoms with Gasteiger partial charge in [-0.25, -0.2) is 0 Å². The first-order valence-corrected chi connectivity index (χ1v) is 5.71. The van der Waals surface area contributed by atoms with E-state index in [0.717, 1.165) is 31.3 Å². The Morgan fingerprint density at radius 1 is 1.60 bits per heavy atom. The Balaban J connectivity index is 1.86. The summed E-state index contributed by atoms with van der Waals surface area (Å²) in [5.74, 6) is 1.80. The number of rotatable bonds is 3. The number of hydrogen-bond donors (Lipinski definition) is 1. The van der Waals surface area contributed by atoms with E-state index in [4.69, 9.17) is 4.42 Å². The molecule has 0 bridgehead atoms. The highest BCUT2D eigenvalue weighted by Crippen LogP contribution is 2.18. The van der Waals surface area contributed by atoms with Gasteiger partial charge in [-0.1, -0.05) is 6.92 Å². The van der Waals surface area contributed by atoms with Crippen LogP contribution in [0.4, 0.5) is 0 Å². The molecule has 2 atom stereocenters. The molecule has 0 spiro atoms. The van der Waals surface area contributed by atoms with Crippen LogP contribution in [0.5, 0.6) is 0 Å². The van der Waals surface area contributed by atoms with Gasteiger partial charge in [0.05, 0.1) is 12.8 Å². The minimum absolute atomic E-state index is 0.679. The third-order valence-corrected chi connectivity index (χ3v) is 3.32. The van der Waals surface area contributed by atoms with E-state index in [1.807, 2.05) is 6.07 Å². The minimum Gasteiger partial charge on any atom is -0.468 e. The highest BCUT2D eigenvalue weighted by molar-refractivity contribution is 4.98. The maximum absolute atomic E-state index is 5.37. The molecule has 1 N–H and O–H groups in total. The number of piperidine rings is 1. The molecule has 1 aliphatic heterocycles. The fraction of sp³-hybridized carbons (Fsp3) is 0.667. The van der Waals surface area contributed by atoms with E-state index < -0.39 is 0 Å². The number of hydrogen-bond acceptors (Lipinski definition) is 3. The molecule has 1 aliphatic rings. The van der Waals surface area contributed by atoms with Gasteiger partial charge in [0.25, 0.3) is 0 Å². The van der Waals surface area contributed by atoms with E-state index in [2.05, 4.69) is 30.3 Å². The summed E-state index contributed by atoms with van der Waals surface area (Å²) in [7, 11) is 2.06. The van der Waals surface area contributed by atoms with Gasteiger partial charge in [-0.2, -0.15) is 0 Å². The molecule has 1 aromatic rings. The Morgan fingerprint density at radius 3 is 3.07 bits per heavy atom. The molecule has 0 aliphatic carbocycles. The van der Waals surface area contributed by atoms with Gasteiger partial charge >= 0.3 is 0 Å². The smallest absolute Gasteiger partial charge is 0.117 e. The lowest BCUT2D eigenvalue weighted by atomic mass is 9.94. The minimum atomic E-state index is 0.679. The average Bonchev–Trinajstić information content (AvgIpc) is 2.71. The van der Waals surface area contributed by atoms with Crippen molar-refractivity contribution in [3.63, 3.8) is 0 Å². The van der Waals surface area contributed by atoms with Crippen LogP contribution >= 0.6 is 0 Å². The second kappa shape index (κ2) is 4.81. The zero-order valence-corrected chi connectivity index (χ0v) is 9.57. The maximum atomic E-state index is 5.37. The lowest BCUT2D eigenvalue weighted by molar-refractivity contribution is 0.136. The first-order chi connectivity index (χ1) is 7.29. The molecule has 84 valence electrons. The van der Waals surface area contributed by atoms with Crippen molar-refractivity contribution in [3.8, 4) is 0 Å². The molecule has 0 radical (unpaired) electrons. The lowest BCUT2D eigenvalue weighted by Crippen LogP contribution is -2.46. The van der Waals surface area contributed by atoms with Crippen LogP contribution in [0.15, 0.2) is 22.8 Å². The summed E-state index contributed by atoms with van der Waals surface area (Å²) < 4.78 is 5.37. The van der Waals surface area contributed by atoms with Crippen LogP contribution in [0.25, 0.3) is 0 Å². The van der Waals surface area contributed by atoms with Crippen molar-refractivity contribution in [2.24, 2.45) is 5.92 Å². The molecule has 0 aromatic carbocycles. The van der Waals surface area contributed by atoms with Crippen molar-refractivity contribution in [1.29, 1.82) is 0 Å². The van der Waals surface area contributed by atoms with Crippen molar-refractivity contribution in [1.82, 2.24) is 10.2 Å².